The third kappa shape index (κ3) is 4.51. The zero-order valence-electron chi connectivity index (χ0n) is 11.8. The van der Waals surface area contributed by atoms with Crippen molar-refractivity contribution in [2.45, 2.75) is 39.7 Å². The van der Waals surface area contributed by atoms with E-state index in [4.69, 9.17) is 16.3 Å². The Balaban J connectivity index is 2.86. The largest absolute Gasteiger partial charge is 0.495 e. The summed E-state index contributed by atoms with van der Waals surface area (Å²) in [7, 11) is 1.64. The van der Waals surface area contributed by atoms with E-state index in [0.717, 1.165) is 25.1 Å². The van der Waals surface area contributed by atoms with Gasteiger partial charge in [-0.25, -0.2) is 0 Å². The van der Waals surface area contributed by atoms with Gasteiger partial charge in [0.2, 0.25) is 0 Å². The molecule has 1 rings (SSSR count). The van der Waals surface area contributed by atoms with Crippen molar-refractivity contribution < 1.29 is 4.74 Å². The minimum absolute atomic E-state index is 0.369. The van der Waals surface area contributed by atoms with Crippen LogP contribution >= 0.6 is 11.6 Å². The van der Waals surface area contributed by atoms with Crippen LogP contribution in [0.1, 0.15) is 45.2 Å². The molecule has 1 unspecified atom stereocenters. The van der Waals surface area contributed by atoms with Crippen molar-refractivity contribution in [3.8, 4) is 5.75 Å². The highest BCUT2D eigenvalue weighted by molar-refractivity contribution is 6.32. The lowest BCUT2D eigenvalue weighted by Gasteiger charge is -2.21. The van der Waals surface area contributed by atoms with Gasteiger partial charge in [0, 0.05) is 6.04 Å². The number of rotatable bonds is 7. The van der Waals surface area contributed by atoms with Crippen molar-refractivity contribution in [3.63, 3.8) is 0 Å². The summed E-state index contributed by atoms with van der Waals surface area (Å²) in [6, 6.07) is 6.42. The first-order chi connectivity index (χ1) is 8.58. The third-order valence-electron chi connectivity index (χ3n) is 2.93. The molecule has 1 atom stereocenters. The summed E-state index contributed by atoms with van der Waals surface area (Å²) < 4.78 is 5.19. The number of halogens is 1. The zero-order chi connectivity index (χ0) is 13.5. The zero-order valence-corrected chi connectivity index (χ0v) is 12.6. The number of methoxy groups -OCH3 is 1. The normalized spacial score (nSPS) is 12.8. The average Bonchev–Trinajstić information content (AvgIpc) is 2.34. The average molecular weight is 270 g/mol. The van der Waals surface area contributed by atoms with Crippen molar-refractivity contribution in [2.24, 2.45) is 5.92 Å². The summed E-state index contributed by atoms with van der Waals surface area (Å²) >= 11 is 6.19. The van der Waals surface area contributed by atoms with Crippen LogP contribution in [0.2, 0.25) is 5.02 Å². The van der Waals surface area contributed by atoms with Crippen LogP contribution in [0, 0.1) is 5.92 Å². The molecule has 0 aromatic heterocycles. The van der Waals surface area contributed by atoms with E-state index in [1.165, 1.54) is 5.56 Å². The molecule has 102 valence electrons. The molecule has 1 aromatic carbocycles. The molecular formula is C15H24ClNO. The van der Waals surface area contributed by atoms with Gasteiger partial charge >= 0.3 is 0 Å². The molecule has 0 aliphatic heterocycles. The van der Waals surface area contributed by atoms with E-state index in [1.54, 1.807) is 7.11 Å². The molecule has 2 nitrogen and oxygen atoms in total. The van der Waals surface area contributed by atoms with Gasteiger partial charge in [-0.3, -0.25) is 0 Å². The van der Waals surface area contributed by atoms with Crippen molar-refractivity contribution in [3.05, 3.63) is 28.8 Å². The van der Waals surface area contributed by atoms with Crippen LogP contribution in [0.5, 0.6) is 5.75 Å². The van der Waals surface area contributed by atoms with Gasteiger partial charge in [-0.1, -0.05) is 38.4 Å². The lowest BCUT2D eigenvalue weighted by molar-refractivity contribution is 0.412. The Morgan fingerprint density at radius 2 is 2.06 bits per heavy atom. The van der Waals surface area contributed by atoms with Crippen LogP contribution in [-0.4, -0.2) is 13.7 Å². The van der Waals surface area contributed by atoms with Crippen LogP contribution < -0.4 is 10.1 Å². The van der Waals surface area contributed by atoms with E-state index in [0.29, 0.717) is 17.0 Å². The number of nitrogens with one attached hydrogen (secondary N) is 1. The van der Waals surface area contributed by atoms with E-state index < -0.39 is 0 Å². The highest BCUT2D eigenvalue weighted by Crippen LogP contribution is 2.29. The molecule has 0 amide bonds. The van der Waals surface area contributed by atoms with Gasteiger partial charge < -0.3 is 10.1 Å². The molecule has 0 bridgehead atoms. The summed E-state index contributed by atoms with van der Waals surface area (Å²) in [5, 5.41) is 4.26. The number of hydrogen-bond donors (Lipinski definition) is 1. The van der Waals surface area contributed by atoms with Crippen LogP contribution in [0.3, 0.4) is 0 Å². The maximum Gasteiger partial charge on any atom is 0.137 e. The number of ether oxygens (including phenoxy) is 1. The fourth-order valence-electron chi connectivity index (χ4n) is 2.03. The van der Waals surface area contributed by atoms with Crippen molar-refractivity contribution in [1.82, 2.24) is 5.32 Å². The van der Waals surface area contributed by atoms with Gasteiger partial charge in [0.25, 0.3) is 0 Å². The SMILES string of the molecule is CCCNC(CC(C)C)c1ccc(OC)c(Cl)c1. The molecule has 0 radical (unpaired) electrons. The van der Waals surface area contributed by atoms with Crippen LogP contribution in [-0.2, 0) is 0 Å². The monoisotopic (exact) mass is 269 g/mol. The van der Waals surface area contributed by atoms with Gasteiger partial charge in [0.05, 0.1) is 12.1 Å². The first kappa shape index (κ1) is 15.3. The molecular weight excluding hydrogens is 246 g/mol. The van der Waals surface area contributed by atoms with Crippen LogP contribution in [0.4, 0.5) is 0 Å². The standard InChI is InChI=1S/C15H24ClNO/c1-5-8-17-14(9-11(2)3)12-6-7-15(18-4)13(16)10-12/h6-7,10-11,14,17H,5,8-9H2,1-4H3. The summed E-state index contributed by atoms with van der Waals surface area (Å²) in [6.45, 7) is 7.69. The fourth-order valence-corrected chi connectivity index (χ4v) is 2.29. The maximum absolute atomic E-state index is 6.19. The maximum atomic E-state index is 6.19. The van der Waals surface area contributed by atoms with Crippen molar-refractivity contribution in [1.29, 1.82) is 0 Å². The Bertz CT molecular complexity index is 366. The summed E-state index contributed by atoms with van der Waals surface area (Å²) in [5.41, 5.74) is 1.24. The molecule has 0 fully saturated rings. The Labute approximate surface area is 116 Å². The van der Waals surface area contributed by atoms with E-state index in [9.17, 15) is 0 Å². The molecule has 18 heavy (non-hydrogen) atoms. The first-order valence-corrected chi connectivity index (χ1v) is 7.03. The number of hydrogen-bond acceptors (Lipinski definition) is 2. The van der Waals surface area contributed by atoms with Gasteiger partial charge in [0.1, 0.15) is 5.75 Å². The van der Waals surface area contributed by atoms with E-state index >= 15 is 0 Å². The van der Waals surface area contributed by atoms with Crippen molar-refractivity contribution in [2.75, 3.05) is 13.7 Å². The molecule has 0 saturated carbocycles. The Morgan fingerprint density at radius 3 is 2.56 bits per heavy atom. The predicted octanol–water partition coefficient (Wildman–Crippen LogP) is 4.44. The molecule has 3 heteroatoms. The highest BCUT2D eigenvalue weighted by atomic mass is 35.5. The lowest BCUT2D eigenvalue weighted by Crippen LogP contribution is -2.23. The molecule has 0 aliphatic rings. The smallest absolute Gasteiger partial charge is 0.137 e. The second-order valence-corrected chi connectivity index (χ2v) is 5.44. The van der Waals surface area contributed by atoms with E-state index in [2.05, 4.69) is 32.2 Å². The highest BCUT2D eigenvalue weighted by Gasteiger charge is 2.14. The molecule has 1 N–H and O–H groups in total. The fraction of sp³-hybridized carbons (Fsp3) is 0.600. The van der Waals surface area contributed by atoms with E-state index in [1.807, 2.05) is 12.1 Å². The topological polar surface area (TPSA) is 21.3 Å². The Morgan fingerprint density at radius 1 is 1.33 bits per heavy atom. The Kier molecular flexibility index (Phi) is 6.51. The van der Waals surface area contributed by atoms with Crippen LogP contribution in [0.25, 0.3) is 0 Å². The van der Waals surface area contributed by atoms with Gasteiger partial charge in [-0.05, 0) is 43.0 Å². The van der Waals surface area contributed by atoms with E-state index in [-0.39, 0.29) is 0 Å². The third-order valence-corrected chi connectivity index (χ3v) is 3.22. The molecule has 0 aliphatic carbocycles. The second-order valence-electron chi connectivity index (χ2n) is 5.03. The first-order valence-electron chi connectivity index (χ1n) is 6.65. The van der Waals surface area contributed by atoms with Gasteiger partial charge in [-0.2, -0.15) is 0 Å². The molecule has 0 heterocycles. The predicted molar refractivity (Wildman–Crippen MR) is 78.5 cm³/mol. The summed E-state index contributed by atoms with van der Waals surface area (Å²) in [5.74, 6) is 1.39. The summed E-state index contributed by atoms with van der Waals surface area (Å²) in [4.78, 5) is 0. The second kappa shape index (κ2) is 7.65. The number of benzene rings is 1. The molecule has 1 aromatic rings. The minimum atomic E-state index is 0.369. The van der Waals surface area contributed by atoms with Crippen molar-refractivity contribution >= 4 is 11.6 Å². The molecule has 0 spiro atoms. The summed E-state index contributed by atoms with van der Waals surface area (Å²) in [6.07, 6.45) is 2.25. The Hall–Kier alpha value is -0.730. The molecule has 0 saturated heterocycles. The van der Waals surface area contributed by atoms with Crippen LogP contribution in [0.15, 0.2) is 18.2 Å². The van der Waals surface area contributed by atoms with Gasteiger partial charge in [-0.15, -0.1) is 0 Å². The lowest BCUT2D eigenvalue weighted by atomic mass is 9.97. The minimum Gasteiger partial charge on any atom is -0.495 e. The van der Waals surface area contributed by atoms with Gasteiger partial charge in [0.15, 0.2) is 0 Å². The quantitative estimate of drug-likeness (QED) is 0.790.